The van der Waals surface area contributed by atoms with E-state index in [1.54, 1.807) is 6.20 Å². The van der Waals surface area contributed by atoms with Crippen molar-refractivity contribution in [3.05, 3.63) is 70.3 Å². The minimum atomic E-state index is 0.663. The molecule has 0 bridgehead atoms. The van der Waals surface area contributed by atoms with Gasteiger partial charge in [0.15, 0.2) is 0 Å². The van der Waals surface area contributed by atoms with Crippen LogP contribution in [-0.2, 0) is 13.1 Å². The Bertz CT molecular complexity index is 740. The number of hydrogen-bond acceptors (Lipinski definition) is 2. The predicted molar refractivity (Wildman–Crippen MR) is 83.6 cm³/mol. The summed E-state index contributed by atoms with van der Waals surface area (Å²) in [6, 6.07) is 10.6. The van der Waals surface area contributed by atoms with Gasteiger partial charge in [-0.15, -0.1) is 0 Å². The molecule has 0 amide bonds. The summed E-state index contributed by atoms with van der Waals surface area (Å²) >= 11 is 5.87. The molecule has 3 rings (SSSR count). The van der Waals surface area contributed by atoms with Gasteiger partial charge in [0.1, 0.15) is 0 Å². The van der Waals surface area contributed by atoms with E-state index in [-0.39, 0.29) is 0 Å². The Morgan fingerprint density at radius 1 is 1.05 bits per heavy atom. The number of nitrogens with zero attached hydrogens (tertiary/aromatic N) is 4. The van der Waals surface area contributed by atoms with Gasteiger partial charge in [-0.05, 0) is 31.0 Å². The van der Waals surface area contributed by atoms with Crippen molar-refractivity contribution in [1.29, 1.82) is 0 Å². The van der Waals surface area contributed by atoms with Crippen molar-refractivity contribution in [3.8, 4) is 0 Å². The van der Waals surface area contributed by atoms with E-state index in [1.165, 1.54) is 16.8 Å². The van der Waals surface area contributed by atoms with Crippen LogP contribution >= 0.6 is 11.6 Å². The van der Waals surface area contributed by atoms with Gasteiger partial charge in [-0.25, -0.2) is 0 Å². The SMILES string of the molecule is Cc1cc(C)n(Cc2ccc(Cn3cc(Cl)cn3)cc2)n1. The number of aromatic nitrogens is 4. The predicted octanol–water partition coefficient (Wildman–Crippen LogP) is 3.45. The van der Waals surface area contributed by atoms with E-state index >= 15 is 0 Å². The maximum absolute atomic E-state index is 5.87. The van der Waals surface area contributed by atoms with Crippen LogP contribution in [0.3, 0.4) is 0 Å². The molecular weight excluding hydrogens is 284 g/mol. The van der Waals surface area contributed by atoms with Gasteiger partial charge < -0.3 is 0 Å². The molecule has 1 aromatic carbocycles. The molecule has 3 aromatic rings. The van der Waals surface area contributed by atoms with E-state index in [4.69, 9.17) is 11.6 Å². The lowest BCUT2D eigenvalue weighted by atomic mass is 10.1. The second-order valence-electron chi connectivity index (χ2n) is 5.26. The largest absolute Gasteiger partial charge is 0.267 e. The molecule has 0 aliphatic carbocycles. The molecule has 0 saturated carbocycles. The van der Waals surface area contributed by atoms with Gasteiger partial charge in [0.05, 0.1) is 30.0 Å². The third-order valence-electron chi connectivity index (χ3n) is 3.40. The lowest BCUT2D eigenvalue weighted by molar-refractivity contribution is 0.657. The lowest BCUT2D eigenvalue weighted by Crippen LogP contribution is -2.04. The summed E-state index contributed by atoms with van der Waals surface area (Å²) in [6.45, 7) is 5.62. The molecule has 5 heteroatoms. The first-order valence-electron chi connectivity index (χ1n) is 6.87. The van der Waals surface area contributed by atoms with E-state index in [0.717, 1.165) is 18.8 Å². The average Bonchev–Trinajstić information content (AvgIpc) is 2.98. The molecule has 0 N–H and O–H groups in total. The van der Waals surface area contributed by atoms with Crippen molar-refractivity contribution < 1.29 is 0 Å². The van der Waals surface area contributed by atoms with Crippen LogP contribution in [0.4, 0.5) is 0 Å². The van der Waals surface area contributed by atoms with Crippen molar-refractivity contribution in [3.63, 3.8) is 0 Å². The first-order valence-corrected chi connectivity index (χ1v) is 7.25. The summed E-state index contributed by atoms with van der Waals surface area (Å²) in [7, 11) is 0. The van der Waals surface area contributed by atoms with Gasteiger partial charge in [-0.1, -0.05) is 35.9 Å². The monoisotopic (exact) mass is 300 g/mol. The van der Waals surface area contributed by atoms with Crippen LogP contribution in [0.25, 0.3) is 0 Å². The molecule has 0 atom stereocenters. The molecule has 2 heterocycles. The maximum Gasteiger partial charge on any atom is 0.0785 e. The van der Waals surface area contributed by atoms with Crippen molar-refractivity contribution >= 4 is 11.6 Å². The van der Waals surface area contributed by atoms with Gasteiger partial charge >= 0.3 is 0 Å². The number of rotatable bonds is 4. The van der Waals surface area contributed by atoms with E-state index in [9.17, 15) is 0 Å². The fourth-order valence-electron chi connectivity index (χ4n) is 2.37. The van der Waals surface area contributed by atoms with Crippen LogP contribution in [0, 0.1) is 13.8 Å². The Balaban J connectivity index is 1.70. The fourth-order valence-corrected chi connectivity index (χ4v) is 2.53. The number of benzene rings is 1. The fraction of sp³-hybridized carbons (Fsp3) is 0.250. The lowest BCUT2D eigenvalue weighted by Gasteiger charge is -2.06. The average molecular weight is 301 g/mol. The smallest absolute Gasteiger partial charge is 0.0785 e. The first kappa shape index (κ1) is 13.9. The Hall–Kier alpha value is -2.07. The van der Waals surface area contributed by atoms with Crippen LogP contribution in [-0.4, -0.2) is 19.6 Å². The second-order valence-corrected chi connectivity index (χ2v) is 5.69. The van der Waals surface area contributed by atoms with E-state index < -0.39 is 0 Å². The minimum Gasteiger partial charge on any atom is -0.267 e. The van der Waals surface area contributed by atoms with Crippen LogP contribution in [0.2, 0.25) is 5.02 Å². The zero-order valence-electron chi connectivity index (χ0n) is 12.1. The Morgan fingerprint density at radius 3 is 2.24 bits per heavy atom. The molecule has 21 heavy (non-hydrogen) atoms. The van der Waals surface area contributed by atoms with Gasteiger partial charge in [-0.2, -0.15) is 10.2 Å². The topological polar surface area (TPSA) is 35.6 Å². The summed E-state index contributed by atoms with van der Waals surface area (Å²) in [5, 5.41) is 9.34. The third-order valence-corrected chi connectivity index (χ3v) is 3.60. The van der Waals surface area contributed by atoms with Crippen molar-refractivity contribution in [1.82, 2.24) is 19.6 Å². The molecule has 0 aliphatic heterocycles. The van der Waals surface area contributed by atoms with Crippen LogP contribution in [0.1, 0.15) is 22.5 Å². The van der Waals surface area contributed by atoms with Gasteiger partial charge in [0, 0.05) is 11.9 Å². The first-order chi connectivity index (χ1) is 10.1. The van der Waals surface area contributed by atoms with Gasteiger partial charge in [0.2, 0.25) is 0 Å². The number of hydrogen-bond donors (Lipinski definition) is 0. The maximum atomic E-state index is 5.87. The van der Waals surface area contributed by atoms with Crippen molar-refractivity contribution in [2.45, 2.75) is 26.9 Å². The number of halogens is 1. The summed E-state index contributed by atoms with van der Waals surface area (Å²) in [5.74, 6) is 0. The standard InChI is InChI=1S/C16H17ClN4/c1-12-7-13(2)21(19-12)10-15-5-3-14(4-6-15)9-20-11-16(17)8-18-20/h3-8,11H,9-10H2,1-2H3. The molecule has 108 valence electrons. The normalized spacial score (nSPS) is 11.0. The minimum absolute atomic E-state index is 0.663. The van der Waals surface area contributed by atoms with Gasteiger partial charge in [0.25, 0.3) is 0 Å². The summed E-state index contributed by atoms with van der Waals surface area (Å²) in [6.07, 6.45) is 3.48. The molecule has 0 radical (unpaired) electrons. The summed E-state index contributed by atoms with van der Waals surface area (Å²) in [4.78, 5) is 0. The zero-order chi connectivity index (χ0) is 14.8. The summed E-state index contributed by atoms with van der Waals surface area (Å²) in [5.41, 5.74) is 4.68. The van der Waals surface area contributed by atoms with Crippen molar-refractivity contribution in [2.75, 3.05) is 0 Å². The van der Waals surface area contributed by atoms with Crippen molar-refractivity contribution in [2.24, 2.45) is 0 Å². The molecule has 0 saturated heterocycles. The van der Waals surface area contributed by atoms with E-state index in [1.807, 2.05) is 22.5 Å². The Morgan fingerprint density at radius 2 is 1.71 bits per heavy atom. The highest BCUT2D eigenvalue weighted by molar-refractivity contribution is 6.30. The highest BCUT2D eigenvalue weighted by Crippen LogP contribution is 2.11. The summed E-state index contributed by atoms with van der Waals surface area (Å²) < 4.78 is 3.86. The van der Waals surface area contributed by atoms with Crippen LogP contribution < -0.4 is 0 Å². The molecular formula is C16H17ClN4. The zero-order valence-corrected chi connectivity index (χ0v) is 12.9. The van der Waals surface area contributed by atoms with E-state index in [2.05, 4.69) is 47.5 Å². The second kappa shape index (κ2) is 5.74. The molecule has 4 nitrogen and oxygen atoms in total. The molecule has 0 spiro atoms. The Labute approximate surface area is 129 Å². The highest BCUT2D eigenvalue weighted by atomic mass is 35.5. The number of aryl methyl sites for hydroxylation is 2. The molecule has 0 unspecified atom stereocenters. The van der Waals surface area contributed by atoms with Gasteiger partial charge in [-0.3, -0.25) is 9.36 Å². The van der Waals surface area contributed by atoms with Crippen LogP contribution in [0.15, 0.2) is 42.7 Å². The third kappa shape index (κ3) is 3.34. The van der Waals surface area contributed by atoms with Crippen LogP contribution in [0.5, 0.6) is 0 Å². The molecule has 2 aromatic heterocycles. The molecule has 0 aliphatic rings. The van der Waals surface area contributed by atoms with E-state index in [0.29, 0.717) is 5.02 Å². The Kier molecular flexibility index (Phi) is 3.80. The quantitative estimate of drug-likeness (QED) is 0.740. The highest BCUT2D eigenvalue weighted by Gasteiger charge is 2.03. The molecule has 0 fully saturated rings.